The molecule has 1 heterocycles. The molecule has 1 atom stereocenters. The van der Waals surface area contributed by atoms with Crippen molar-refractivity contribution in [3.05, 3.63) is 29.8 Å². The summed E-state index contributed by atoms with van der Waals surface area (Å²) in [6.07, 6.45) is -4.43. The number of anilines is 1. The van der Waals surface area contributed by atoms with Crippen LogP contribution in [0.1, 0.15) is 11.6 Å². The summed E-state index contributed by atoms with van der Waals surface area (Å²) in [6.45, 7) is 2.22. The summed E-state index contributed by atoms with van der Waals surface area (Å²) in [7, 11) is 0. The number of morpholine rings is 1. The molecule has 1 saturated heterocycles. The third kappa shape index (κ3) is 3.75. The van der Waals surface area contributed by atoms with Crippen LogP contribution in [-0.2, 0) is 4.74 Å². The van der Waals surface area contributed by atoms with E-state index < -0.39 is 12.2 Å². The van der Waals surface area contributed by atoms with Crippen LogP contribution in [0.2, 0.25) is 0 Å². The van der Waals surface area contributed by atoms with Crippen molar-refractivity contribution in [3.8, 4) is 0 Å². The Balaban J connectivity index is 0.00000180. The molecule has 1 fully saturated rings. The molecule has 0 amide bonds. The highest BCUT2D eigenvalue weighted by Gasteiger charge is 2.39. The molecule has 0 aromatic heterocycles. The highest BCUT2D eigenvalue weighted by molar-refractivity contribution is 5.85. The van der Waals surface area contributed by atoms with E-state index in [9.17, 15) is 13.2 Å². The fourth-order valence-corrected chi connectivity index (χ4v) is 2.02. The van der Waals surface area contributed by atoms with Crippen LogP contribution >= 0.6 is 12.4 Å². The average Bonchev–Trinajstić information content (AvgIpc) is 2.38. The van der Waals surface area contributed by atoms with Gasteiger partial charge in [0, 0.05) is 24.3 Å². The van der Waals surface area contributed by atoms with E-state index in [2.05, 4.69) is 0 Å². The van der Waals surface area contributed by atoms with Gasteiger partial charge in [0.25, 0.3) is 0 Å². The first-order chi connectivity index (χ1) is 8.50. The summed E-state index contributed by atoms with van der Waals surface area (Å²) >= 11 is 0. The van der Waals surface area contributed by atoms with Gasteiger partial charge in [-0.2, -0.15) is 13.2 Å². The van der Waals surface area contributed by atoms with Crippen LogP contribution in [0.15, 0.2) is 24.3 Å². The Morgan fingerprint density at radius 1 is 1.16 bits per heavy atom. The van der Waals surface area contributed by atoms with Gasteiger partial charge in [-0.05, 0) is 6.07 Å². The number of para-hydroxylation sites is 1. The number of alkyl halides is 3. The van der Waals surface area contributed by atoms with Crippen LogP contribution in [0.3, 0.4) is 0 Å². The van der Waals surface area contributed by atoms with Gasteiger partial charge in [-0.25, -0.2) is 0 Å². The van der Waals surface area contributed by atoms with Crippen LogP contribution in [0.4, 0.5) is 18.9 Å². The quantitative estimate of drug-likeness (QED) is 0.911. The molecule has 19 heavy (non-hydrogen) atoms. The molecule has 7 heteroatoms. The van der Waals surface area contributed by atoms with Crippen molar-refractivity contribution in [2.45, 2.75) is 12.2 Å². The SMILES string of the molecule is Cl.NC(c1ccccc1N1CCOCC1)C(F)(F)F. The first kappa shape index (κ1) is 16.1. The molecule has 1 unspecified atom stereocenters. The Kier molecular flexibility index (Phi) is 5.46. The van der Waals surface area contributed by atoms with Crippen molar-refractivity contribution in [2.24, 2.45) is 5.73 Å². The van der Waals surface area contributed by atoms with Crippen LogP contribution in [-0.4, -0.2) is 32.5 Å². The van der Waals surface area contributed by atoms with Crippen molar-refractivity contribution in [3.63, 3.8) is 0 Å². The predicted molar refractivity (Wildman–Crippen MR) is 69.7 cm³/mol. The minimum absolute atomic E-state index is 0. The lowest BCUT2D eigenvalue weighted by molar-refractivity contribution is -0.149. The van der Waals surface area contributed by atoms with Gasteiger partial charge in [0.15, 0.2) is 0 Å². The second-order valence-electron chi connectivity index (χ2n) is 4.18. The topological polar surface area (TPSA) is 38.5 Å². The van der Waals surface area contributed by atoms with E-state index in [4.69, 9.17) is 10.5 Å². The molecule has 1 aliphatic rings. The van der Waals surface area contributed by atoms with E-state index in [1.165, 1.54) is 6.07 Å². The molecular formula is C12H16ClF3N2O. The van der Waals surface area contributed by atoms with E-state index >= 15 is 0 Å². The highest BCUT2D eigenvalue weighted by atomic mass is 35.5. The Bertz CT molecular complexity index is 408. The zero-order valence-corrected chi connectivity index (χ0v) is 11.0. The average molecular weight is 297 g/mol. The third-order valence-electron chi connectivity index (χ3n) is 2.98. The van der Waals surface area contributed by atoms with Crippen LogP contribution in [0.25, 0.3) is 0 Å². The summed E-state index contributed by atoms with van der Waals surface area (Å²) in [4.78, 5) is 1.88. The lowest BCUT2D eigenvalue weighted by Gasteiger charge is -2.32. The number of ether oxygens (including phenoxy) is 1. The van der Waals surface area contributed by atoms with E-state index in [1.807, 2.05) is 4.90 Å². The summed E-state index contributed by atoms with van der Waals surface area (Å²) in [5.41, 5.74) is 5.96. The molecule has 2 N–H and O–H groups in total. The summed E-state index contributed by atoms with van der Waals surface area (Å²) in [5.74, 6) is 0. The fraction of sp³-hybridized carbons (Fsp3) is 0.500. The molecule has 3 nitrogen and oxygen atoms in total. The maximum Gasteiger partial charge on any atom is 0.407 e. The number of halogens is 4. The molecule has 0 saturated carbocycles. The van der Waals surface area contributed by atoms with E-state index in [0.717, 1.165) is 0 Å². The van der Waals surface area contributed by atoms with Crippen molar-refractivity contribution in [1.82, 2.24) is 0 Å². The molecule has 1 aromatic carbocycles. The molecule has 1 aliphatic heterocycles. The van der Waals surface area contributed by atoms with Crippen LogP contribution < -0.4 is 10.6 Å². The van der Waals surface area contributed by atoms with Gasteiger partial charge in [0.05, 0.1) is 13.2 Å². The largest absolute Gasteiger partial charge is 0.407 e. The number of nitrogens with two attached hydrogens (primary N) is 1. The van der Waals surface area contributed by atoms with Crippen LogP contribution in [0.5, 0.6) is 0 Å². The standard InChI is InChI=1S/C12H15F3N2O.ClH/c13-12(14,15)11(16)9-3-1-2-4-10(9)17-5-7-18-8-6-17;/h1-4,11H,5-8,16H2;1H. The molecule has 108 valence electrons. The van der Waals surface area contributed by atoms with Crippen LogP contribution in [0, 0.1) is 0 Å². The van der Waals surface area contributed by atoms with Crippen molar-refractivity contribution in [2.75, 3.05) is 31.2 Å². The van der Waals surface area contributed by atoms with Gasteiger partial charge in [0.2, 0.25) is 0 Å². The Morgan fingerprint density at radius 2 is 1.74 bits per heavy atom. The Hall–Kier alpha value is -0.980. The molecule has 1 aromatic rings. The minimum Gasteiger partial charge on any atom is -0.378 e. The van der Waals surface area contributed by atoms with Crippen molar-refractivity contribution < 1.29 is 17.9 Å². The molecule has 0 bridgehead atoms. The molecule has 2 rings (SSSR count). The minimum atomic E-state index is -4.43. The van der Waals surface area contributed by atoms with Crippen molar-refractivity contribution in [1.29, 1.82) is 0 Å². The summed E-state index contributed by atoms with van der Waals surface area (Å²) in [6, 6.07) is 4.45. The summed E-state index contributed by atoms with van der Waals surface area (Å²) < 4.78 is 43.3. The van der Waals surface area contributed by atoms with Gasteiger partial charge in [-0.15, -0.1) is 12.4 Å². The van der Waals surface area contributed by atoms with Gasteiger partial charge in [-0.3, -0.25) is 0 Å². The maximum absolute atomic E-state index is 12.7. The van der Waals surface area contributed by atoms with Gasteiger partial charge in [0.1, 0.15) is 6.04 Å². The third-order valence-corrected chi connectivity index (χ3v) is 2.98. The Morgan fingerprint density at radius 3 is 2.32 bits per heavy atom. The van der Waals surface area contributed by atoms with E-state index in [0.29, 0.717) is 32.0 Å². The monoisotopic (exact) mass is 296 g/mol. The normalized spacial score (nSPS) is 17.8. The second kappa shape index (κ2) is 6.45. The number of nitrogens with zero attached hydrogens (tertiary/aromatic N) is 1. The zero-order chi connectivity index (χ0) is 13.2. The smallest absolute Gasteiger partial charge is 0.378 e. The lowest BCUT2D eigenvalue weighted by Crippen LogP contribution is -2.38. The molecule has 0 aliphatic carbocycles. The van der Waals surface area contributed by atoms with Gasteiger partial charge >= 0.3 is 6.18 Å². The molecule has 0 spiro atoms. The van der Waals surface area contributed by atoms with Gasteiger partial charge in [-0.1, -0.05) is 18.2 Å². The van der Waals surface area contributed by atoms with Gasteiger partial charge < -0.3 is 15.4 Å². The van der Waals surface area contributed by atoms with E-state index in [1.54, 1.807) is 18.2 Å². The molecular weight excluding hydrogens is 281 g/mol. The fourth-order valence-electron chi connectivity index (χ4n) is 2.02. The number of benzene rings is 1. The zero-order valence-electron chi connectivity index (χ0n) is 10.2. The number of hydrogen-bond acceptors (Lipinski definition) is 3. The summed E-state index contributed by atoms with van der Waals surface area (Å²) in [5, 5.41) is 0. The number of hydrogen-bond donors (Lipinski definition) is 1. The number of rotatable bonds is 2. The predicted octanol–water partition coefficient (Wildman–Crippen LogP) is 2.51. The Labute approximate surface area is 115 Å². The highest BCUT2D eigenvalue weighted by Crippen LogP contribution is 2.35. The van der Waals surface area contributed by atoms with E-state index in [-0.39, 0.29) is 18.0 Å². The first-order valence-electron chi connectivity index (χ1n) is 5.74. The lowest BCUT2D eigenvalue weighted by atomic mass is 10.0. The molecule has 0 radical (unpaired) electrons. The maximum atomic E-state index is 12.7. The first-order valence-corrected chi connectivity index (χ1v) is 5.74. The van der Waals surface area contributed by atoms with Crippen molar-refractivity contribution >= 4 is 18.1 Å². The second-order valence-corrected chi connectivity index (χ2v) is 4.18.